The minimum atomic E-state index is -0.924. The zero-order valence-corrected chi connectivity index (χ0v) is 15.2. The molecule has 138 valence electrons. The van der Waals surface area contributed by atoms with Crippen molar-refractivity contribution in [1.29, 1.82) is 0 Å². The van der Waals surface area contributed by atoms with Crippen molar-refractivity contribution in [2.45, 2.75) is 63.4 Å². The first-order valence-corrected chi connectivity index (χ1v) is 9.36. The van der Waals surface area contributed by atoms with Gasteiger partial charge in [0.15, 0.2) is 0 Å². The van der Waals surface area contributed by atoms with Crippen LogP contribution < -0.4 is 0 Å². The van der Waals surface area contributed by atoms with Gasteiger partial charge in [0.2, 0.25) is 0 Å². The average molecular weight is 355 g/mol. The van der Waals surface area contributed by atoms with Crippen molar-refractivity contribution in [3.63, 3.8) is 0 Å². The highest BCUT2D eigenvalue weighted by Crippen LogP contribution is 2.46. The Bertz CT molecular complexity index is 801. The van der Waals surface area contributed by atoms with Gasteiger partial charge in [0.25, 0.3) is 0 Å². The summed E-state index contributed by atoms with van der Waals surface area (Å²) in [7, 11) is 0. The van der Waals surface area contributed by atoms with Crippen molar-refractivity contribution in [2.75, 3.05) is 0 Å². The second kappa shape index (κ2) is 6.63. The molecule has 2 bridgehead atoms. The molecule has 0 aliphatic carbocycles. The number of aromatic nitrogens is 2. The maximum absolute atomic E-state index is 13.6. The molecule has 2 aromatic rings. The minimum Gasteiger partial charge on any atom is -0.385 e. The number of rotatable bonds is 5. The van der Waals surface area contributed by atoms with Crippen LogP contribution in [0.5, 0.6) is 0 Å². The van der Waals surface area contributed by atoms with Gasteiger partial charge in [-0.2, -0.15) is 5.10 Å². The summed E-state index contributed by atoms with van der Waals surface area (Å²) in [5, 5.41) is 15.7. The molecule has 0 amide bonds. The first-order chi connectivity index (χ1) is 12.5. The molecule has 5 heteroatoms. The molecule has 2 saturated heterocycles. The fourth-order valence-electron chi connectivity index (χ4n) is 4.73. The van der Waals surface area contributed by atoms with Crippen LogP contribution in [0.1, 0.15) is 42.5 Å². The summed E-state index contributed by atoms with van der Waals surface area (Å²) in [5.41, 5.74) is 2.20. The van der Waals surface area contributed by atoms with Crippen molar-refractivity contribution in [2.24, 2.45) is 0 Å². The lowest BCUT2D eigenvalue weighted by Crippen LogP contribution is -2.49. The van der Waals surface area contributed by atoms with E-state index in [4.69, 9.17) is 0 Å². The Kier molecular flexibility index (Phi) is 4.45. The molecule has 4 nitrogen and oxygen atoms in total. The van der Waals surface area contributed by atoms with Crippen molar-refractivity contribution < 1.29 is 9.50 Å². The lowest BCUT2D eigenvalue weighted by molar-refractivity contribution is -0.0597. The third-order valence-electron chi connectivity index (χ3n) is 6.14. The van der Waals surface area contributed by atoms with Gasteiger partial charge in [-0.1, -0.05) is 18.2 Å². The highest BCUT2D eigenvalue weighted by atomic mass is 19.1. The summed E-state index contributed by atoms with van der Waals surface area (Å²) < 4.78 is 15.6. The highest BCUT2D eigenvalue weighted by Gasteiger charge is 2.48. The molecule has 1 aromatic carbocycles. The van der Waals surface area contributed by atoms with Gasteiger partial charge in [-0.15, -0.1) is 6.58 Å². The summed E-state index contributed by atoms with van der Waals surface area (Å²) in [5.74, 6) is -0.282. The number of hydrogen-bond acceptors (Lipinski definition) is 3. The summed E-state index contributed by atoms with van der Waals surface area (Å²) in [6, 6.07) is 7.10. The Hall–Kier alpha value is -1.98. The van der Waals surface area contributed by atoms with E-state index in [1.165, 1.54) is 23.4 Å². The van der Waals surface area contributed by atoms with Crippen molar-refractivity contribution in [3.05, 3.63) is 65.8 Å². The van der Waals surface area contributed by atoms with E-state index in [1.807, 2.05) is 23.0 Å². The fourth-order valence-corrected chi connectivity index (χ4v) is 4.73. The Morgan fingerprint density at radius 2 is 2.08 bits per heavy atom. The number of hydrogen-bond donors (Lipinski definition) is 1. The van der Waals surface area contributed by atoms with Crippen LogP contribution in [0.4, 0.5) is 4.39 Å². The molecular weight excluding hydrogens is 329 g/mol. The van der Waals surface area contributed by atoms with E-state index in [0.717, 1.165) is 25.9 Å². The predicted octanol–water partition coefficient (Wildman–Crippen LogP) is 3.53. The van der Waals surface area contributed by atoms with Crippen LogP contribution in [-0.2, 0) is 18.7 Å². The number of benzene rings is 1. The molecule has 1 aromatic heterocycles. The van der Waals surface area contributed by atoms with E-state index in [1.54, 1.807) is 6.07 Å². The Morgan fingerprint density at radius 1 is 1.35 bits per heavy atom. The van der Waals surface area contributed by atoms with Crippen LogP contribution in [0.3, 0.4) is 0 Å². The number of halogens is 1. The van der Waals surface area contributed by atoms with Gasteiger partial charge in [0.1, 0.15) is 5.82 Å². The van der Waals surface area contributed by atoms with Crippen LogP contribution in [-0.4, -0.2) is 31.9 Å². The van der Waals surface area contributed by atoms with Gasteiger partial charge in [-0.25, -0.2) is 4.39 Å². The third-order valence-corrected chi connectivity index (χ3v) is 6.14. The second-order valence-electron chi connectivity index (χ2n) is 7.73. The van der Waals surface area contributed by atoms with Gasteiger partial charge in [-0.05, 0) is 50.3 Å². The number of fused-ring (bicyclic) bond motifs is 2. The number of nitrogens with zero attached hydrogens (tertiary/aromatic N) is 3. The minimum absolute atomic E-state index is 0.282. The SMILES string of the molecule is C=CCn1ncc(CN2[C@@H]3CC[C@@H]2CC(O)(c2cccc(F)c2)C3)c1C. The highest BCUT2D eigenvalue weighted by molar-refractivity contribution is 5.26. The normalized spacial score (nSPS) is 28.4. The van der Waals surface area contributed by atoms with Gasteiger partial charge in [0, 0.05) is 29.9 Å². The monoisotopic (exact) mass is 355 g/mol. The largest absolute Gasteiger partial charge is 0.385 e. The quantitative estimate of drug-likeness (QED) is 0.834. The molecule has 0 unspecified atom stereocenters. The first kappa shape index (κ1) is 17.4. The molecule has 2 aliphatic heterocycles. The first-order valence-electron chi connectivity index (χ1n) is 9.36. The zero-order valence-electron chi connectivity index (χ0n) is 15.2. The second-order valence-corrected chi connectivity index (χ2v) is 7.73. The predicted molar refractivity (Wildman–Crippen MR) is 99.0 cm³/mol. The molecular formula is C21H26FN3O. The van der Waals surface area contributed by atoms with E-state index in [9.17, 15) is 9.50 Å². The number of aliphatic hydroxyl groups is 1. The topological polar surface area (TPSA) is 41.3 Å². The van der Waals surface area contributed by atoms with Crippen LogP contribution in [0.15, 0.2) is 43.1 Å². The van der Waals surface area contributed by atoms with Crippen molar-refractivity contribution >= 4 is 0 Å². The summed E-state index contributed by atoms with van der Waals surface area (Å²) >= 11 is 0. The van der Waals surface area contributed by atoms with Gasteiger partial charge >= 0.3 is 0 Å². The Labute approximate surface area is 153 Å². The maximum atomic E-state index is 13.6. The Morgan fingerprint density at radius 3 is 2.73 bits per heavy atom. The zero-order chi connectivity index (χ0) is 18.3. The van der Waals surface area contributed by atoms with E-state index < -0.39 is 5.60 Å². The summed E-state index contributed by atoms with van der Waals surface area (Å²) in [4.78, 5) is 2.51. The molecule has 2 atom stereocenters. The molecule has 2 fully saturated rings. The molecule has 1 N–H and O–H groups in total. The Balaban J connectivity index is 1.53. The maximum Gasteiger partial charge on any atom is 0.123 e. The van der Waals surface area contributed by atoms with Crippen molar-refractivity contribution in [1.82, 2.24) is 14.7 Å². The number of piperidine rings is 1. The van der Waals surface area contributed by atoms with Crippen LogP contribution in [0, 0.1) is 12.7 Å². The standard InChI is InChI=1S/C21H26FN3O/c1-3-9-25-15(2)16(13-23-25)14-24-19-7-8-20(24)12-21(26,11-19)17-5-4-6-18(22)10-17/h3-6,10,13,19-20,26H,1,7-9,11-12,14H2,2H3/t19-,20-/m1/s1. The molecule has 3 heterocycles. The molecule has 4 rings (SSSR count). The van der Waals surface area contributed by atoms with Gasteiger partial charge in [0.05, 0.1) is 18.3 Å². The van der Waals surface area contributed by atoms with E-state index >= 15 is 0 Å². The molecule has 2 aliphatic rings. The van der Waals surface area contributed by atoms with Gasteiger partial charge < -0.3 is 5.11 Å². The van der Waals surface area contributed by atoms with Crippen molar-refractivity contribution in [3.8, 4) is 0 Å². The van der Waals surface area contributed by atoms with Crippen LogP contribution in [0.25, 0.3) is 0 Å². The lowest BCUT2D eigenvalue weighted by Gasteiger charge is -2.44. The number of allylic oxidation sites excluding steroid dienone is 1. The molecule has 26 heavy (non-hydrogen) atoms. The van der Waals surface area contributed by atoms with Gasteiger partial charge in [-0.3, -0.25) is 9.58 Å². The fraction of sp³-hybridized carbons (Fsp3) is 0.476. The molecule has 0 saturated carbocycles. The lowest BCUT2D eigenvalue weighted by atomic mass is 9.80. The molecule has 0 radical (unpaired) electrons. The van der Waals surface area contributed by atoms with E-state index in [2.05, 4.69) is 23.5 Å². The smallest absolute Gasteiger partial charge is 0.123 e. The third kappa shape index (κ3) is 2.99. The summed E-state index contributed by atoms with van der Waals surface area (Å²) in [6.07, 6.45) is 7.29. The van der Waals surface area contributed by atoms with Crippen LogP contribution >= 0.6 is 0 Å². The van der Waals surface area contributed by atoms with E-state index in [0.29, 0.717) is 30.5 Å². The summed E-state index contributed by atoms with van der Waals surface area (Å²) in [6.45, 7) is 7.46. The average Bonchev–Trinajstić information content (AvgIpc) is 3.07. The molecule has 0 spiro atoms. The van der Waals surface area contributed by atoms with Crippen LogP contribution in [0.2, 0.25) is 0 Å². The van der Waals surface area contributed by atoms with E-state index in [-0.39, 0.29) is 5.82 Å².